The number of fused-ring (bicyclic) bond motifs is 1. The van der Waals surface area contributed by atoms with Crippen molar-refractivity contribution < 1.29 is 14.7 Å². The van der Waals surface area contributed by atoms with Gasteiger partial charge < -0.3 is 15.0 Å². The van der Waals surface area contributed by atoms with Crippen LogP contribution in [0, 0.1) is 5.92 Å². The molecule has 0 saturated carbocycles. The summed E-state index contributed by atoms with van der Waals surface area (Å²) >= 11 is 5.87. The molecular weight excluding hydrogens is 368 g/mol. The van der Waals surface area contributed by atoms with Crippen LogP contribution >= 0.6 is 11.6 Å². The monoisotopic (exact) mass is 388 g/mol. The molecule has 142 valence electrons. The first kappa shape index (κ1) is 19.1. The molecule has 2 aromatic rings. The maximum absolute atomic E-state index is 11.9. The van der Waals surface area contributed by atoms with Crippen LogP contribution < -0.4 is 5.32 Å². The molecule has 0 amide bonds. The van der Waals surface area contributed by atoms with Gasteiger partial charge in [-0.25, -0.2) is 4.98 Å². The Kier molecular flexibility index (Phi) is 6.24. The smallest absolute Gasteiger partial charge is 0.306 e. The molecule has 3 rings (SSSR count). The Labute approximate surface area is 162 Å². The van der Waals surface area contributed by atoms with Crippen molar-refractivity contribution in [2.75, 3.05) is 11.9 Å². The molecule has 1 atom stereocenters. The number of rotatable bonds is 8. The van der Waals surface area contributed by atoms with Crippen LogP contribution in [0.2, 0.25) is 5.02 Å². The van der Waals surface area contributed by atoms with E-state index in [4.69, 9.17) is 11.6 Å². The first-order valence-corrected chi connectivity index (χ1v) is 9.23. The number of hydrogen-bond acceptors (Lipinski definition) is 5. The Morgan fingerprint density at radius 2 is 2.07 bits per heavy atom. The molecule has 1 aliphatic rings. The Morgan fingerprint density at radius 1 is 1.30 bits per heavy atom. The SMILES string of the molecule is O=C1CN=CNc2c1ncn2CCCCC(Cc1ccc(Cl)cc1)C(=O)O. The van der Waals surface area contributed by atoms with Gasteiger partial charge in [0.25, 0.3) is 0 Å². The van der Waals surface area contributed by atoms with Crippen molar-refractivity contribution in [3.05, 3.63) is 46.9 Å². The molecule has 0 saturated heterocycles. The normalized spacial score (nSPS) is 14.3. The third-order valence-corrected chi connectivity index (χ3v) is 4.83. The van der Waals surface area contributed by atoms with E-state index in [1.54, 1.807) is 18.5 Å². The molecule has 2 heterocycles. The van der Waals surface area contributed by atoms with E-state index in [0.29, 0.717) is 35.9 Å². The van der Waals surface area contributed by atoms with Crippen molar-refractivity contribution in [2.45, 2.75) is 32.2 Å². The highest BCUT2D eigenvalue weighted by Crippen LogP contribution is 2.20. The Hall–Kier alpha value is -2.67. The number of carbonyl (C=O) groups is 2. The summed E-state index contributed by atoms with van der Waals surface area (Å²) < 4.78 is 1.87. The van der Waals surface area contributed by atoms with Crippen LogP contribution in [0.15, 0.2) is 35.6 Å². The molecule has 0 radical (unpaired) electrons. The van der Waals surface area contributed by atoms with Gasteiger partial charge in [0.05, 0.1) is 18.6 Å². The minimum absolute atomic E-state index is 0.0992. The van der Waals surface area contributed by atoms with Gasteiger partial charge in [0.2, 0.25) is 5.78 Å². The largest absolute Gasteiger partial charge is 0.481 e. The summed E-state index contributed by atoms with van der Waals surface area (Å²) in [4.78, 5) is 31.6. The molecule has 1 aromatic heterocycles. The predicted molar refractivity (Wildman–Crippen MR) is 104 cm³/mol. The molecule has 1 aliphatic heterocycles. The number of nitrogens with zero attached hydrogens (tertiary/aromatic N) is 3. The molecule has 0 spiro atoms. The van der Waals surface area contributed by atoms with Crippen LogP contribution in [0.4, 0.5) is 5.82 Å². The van der Waals surface area contributed by atoms with E-state index in [1.807, 2.05) is 16.7 Å². The molecule has 8 heteroatoms. The number of benzene rings is 1. The van der Waals surface area contributed by atoms with Gasteiger partial charge in [-0.2, -0.15) is 0 Å². The quantitative estimate of drug-likeness (QED) is 0.676. The predicted octanol–water partition coefficient (Wildman–Crippen LogP) is 3.29. The van der Waals surface area contributed by atoms with Crippen LogP contribution in [0.25, 0.3) is 0 Å². The second-order valence-corrected chi connectivity index (χ2v) is 6.97. The van der Waals surface area contributed by atoms with Crippen LogP contribution in [0.3, 0.4) is 0 Å². The third-order valence-electron chi connectivity index (χ3n) is 4.58. The summed E-state index contributed by atoms with van der Waals surface area (Å²) in [5.74, 6) is -0.682. The Bertz CT molecular complexity index is 845. The number of carbonyl (C=O) groups excluding carboxylic acids is 1. The number of hydrogen-bond donors (Lipinski definition) is 2. The Morgan fingerprint density at radius 3 is 2.81 bits per heavy atom. The number of aliphatic carboxylic acids is 1. The fourth-order valence-corrected chi connectivity index (χ4v) is 3.23. The zero-order chi connectivity index (χ0) is 19.2. The lowest BCUT2D eigenvalue weighted by Crippen LogP contribution is -2.16. The number of aromatic nitrogens is 2. The maximum atomic E-state index is 11.9. The van der Waals surface area contributed by atoms with E-state index < -0.39 is 11.9 Å². The van der Waals surface area contributed by atoms with Crippen molar-refractivity contribution in [3.63, 3.8) is 0 Å². The molecule has 27 heavy (non-hydrogen) atoms. The summed E-state index contributed by atoms with van der Waals surface area (Å²) in [6, 6.07) is 7.28. The number of aliphatic imine (C=N–C) groups is 1. The van der Waals surface area contributed by atoms with Crippen molar-refractivity contribution in [3.8, 4) is 0 Å². The second-order valence-electron chi connectivity index (χ2n) is 6.53. The number of carboxylic acids is 1. The van der Waals surface area contributed by atoms with Gasteiger partial charge in [-0.05, 0) is 37.0 Å². The fourth-order valence-electron chi connectivity index (χ4n) is 3.11. The molecule has 0 fully saturated rings. The molecule has 2 N–H and O–H groups in total. The highest BCUT2D eigenvalue weighted by atomic mass is 35.5. The zero-order valence-electron chi connectivity index (χ0n) is 14.8. The van der Waals surface area contributed by atoms with Gasteiger partial charge in [-0.3, -0.25) is 14.6 Å². The number of nitrogens with one attached hydrogen (secondary N) is 1. The first-order valence-electron chi connectivity index (χ1n) is 8.85. The zero-order valence-corrected chi connectivity index (χ0v) is 15.5. The second kappa shape index (κ2) is 8.81. The van der Waals surface area contributed by atoms with Gasteiger partial charge >= 0.3 is 5.97 Å². The standard InChI is InChI=1S/C19H21ClN4O3/c20-15-6-4-13(5-7-15)9-14(19(26)27)3-1-2-8-24-12-23-17-16(25)10-21-11-22-18(17)24/h4-7,11-12,14H,1-3,8-10H2,(H,21,22)(H,26,27). The molecule has 0 aliphatic carbocycles. The van der Waals surface area contributed by atoms with Gasteiger partial charge in [0.1, 0.15) is 12.4 Å². The van der Waals surface area contributed by atoms with E-state index in [9.17, 15) is 14.7 Å². The molecule has 1 aromatic carbocycles. The van der Waals surface area contributed by atoms with Gasteiger partial charge in [-0.1, -0.05) is 30.2 Å². The highest BCUT2D eigenvalue weighted by molar-refractivity contribution is 6.30. The van der Waals surface area contributed by atoms with E-state index in [2.05, 4.69) is 15.3 Å². The van der Waals surface area contributed by atoms with Crippen molar-refractivity contribution in [1.82, 2.24) is 9.55 Å². The fraction of sp³-hybridized carbons (Fsp3) is 0.368. The number of ketones is 1. The number of Topliss-reactive ketones (excluding diaryl/α,β-unsaturated/α-hetero) is 1. The van der Waals surface area contributed by atoms with E-state index >= 15 is 0 Å². The average Bonchev–Trinajstić information content (AvgIpc) is 2.96. The van der Waals surface area contributed by atoms with Gasteiger partial charge in [0.15, 0.2) is 5.69 Å². The summed E-state index contributed by atoms with van der Waals surface area (Å²) in [7, 11) is 0. The van der Waals surface area contributed by atoms with Crippen molar-refractivity contribution in [1.29, 1.82) is 0 Å². The minimum atomic E-state index is -0.787. The Balaban J connectivity index is 1.52. The van der Waals surface area contributed by atoms with Crippen LogP contribution in [0.1, 0.15) is 35.3 Å². The number of imidazole rings is 1. The topological polar surface area (TPSA) is 96.6 Å². The third kappa shape index (κ3) is 4.95. The summed E-state index contributed by atoms with van der Waals surface area (Å²) in [5, 5.41) is 13.1. The molecule has 1 unspecified atom stereocenters. The minimum Gasteiger partial charge on any atom is -0.481 e. The van der Waals surface area contributed by atoms with Crippen molar-refractivity contribution >= 4 is 35.5 Å². The lowest BCUT2D eigenvalue weighted by Gasteiger charge is -2.13. The van der Waals surface area contributed by atoms with E-state index in [-0.39, 0.29) is 12.3 Å². The summed E-state index contributed by atoms with van der Waals surface area (Å²) in [5.41, 5.74) is 1.37. The van der Waals surface area contributed by atoms with Crippen LogP contribution in [-0.2, 0) is 17.8 Å². The van der Waals surface area contributed by atoms with Gasteiger partial charge in [-0.15, -0.1) is 0 Å². The first-order chi connectivity index (χ1) is 13.0. The summed E-state index contributed by atoms with van der Waals surface area (Å²) in [6.07, 6.45) is 5.77. The lowest BCUT2D eigenvalue weighted by molar-refractivity contribution is -0.142. The van der Waals surface area contributed by atoms with E-state index in [0.717, 1.165) is 18.4 Å². The number of aryl methyl sites for hydroxylation is 1. The summed E-state index contributed by atoms with van der Waals surface area (Å²) in [6.45, 7) is 0.756. The number of anilines is 1. The molecule has 0 bridgehead atoms. The maximum Gasteiger partial charge on any atom is 0.306 e. The average molecular weight is 389 g/mol. The lowest BCUT2D eigenvalue weighted by atomic mass is 9.94. The van der Waals surface area contributed by atoms with Crippen LogP contribution in [-0.4, -0.2) is 39.3 Å². The molecular formula is C19H21ClN4O3. The highest BCUT2D eigenvalue weighted by Gasteiger charge is 2.20. The van der Waals surface area contributed by atoms with Crippen LogP contribution in [0.5, 0.6) is 0 Å². The number of halogens is 1. The van der Waals surface area contributed by atoms with Gasteiger partial charge in [0, 0.05) is 11.6 Å². The number of carboxylic acid groups (broad SMARTS) is 1. The van der Waals surface area contributed by atoms with E-state index in [1.165, 1.54) is 6.34 Å². The molecule has 7 nitrogen and oxygen atoms in total. The number of unbranched alkanes of at least 4 members (excludes halogenated alkanes) is 1. The van der Waals surface area contributed by atoms with Crippen molar-refractivity contribution in [2.24, 2.45) is 10.9 Å².